The Morgan fingerprint density at radius 1 is 1.21 bits per heavy atom. The highest BCUT2D eigenvalue weighted by Gasteiger charge is 2.21. The van der Waals surface area contributed by atoms with E-state index in [1.165, 1.54) is 5.56 Å². The summed E-state index contributed by atoms with van der Waals surface area (Å²) in [5.74, 6) is 0.205. The second kappa shape index (κ2) is 8.41. The van der Waals surface area contributed by atoms with Gasteiger partial charge in [0.25, 0.3) is 5.69 Å². The molecule has 2 aliphatic heterocycles. The number of halogens is 1. The Labute approximate surface area is 147 Å². The van der Waals surface area contributed by atoms with Crippen molar-refractivity contribution in [2.24, 2.45) is 0 Å². The average molecular weight is 355 g/mol. The Morgan fingerprint density at radius 2 is 1.96 bits per heavy atom. The number of nitrogens with zero attached hydrogens (tertiary/aromatic N) is 3. The van der Waals surface area contributed by atoms with Crippen LogP contribution >= 0.6 is 12.4 Å². The molecule has 0 spiro atoms. The maximum Gasteiger partial charge on any atom is 0.269 e. The first-order valence-electron chi connectivity index (χ1n) is 8.10. The number of piperazine rings is 1. The molecule has 0 aliphatic carbocycles. The van der Waals surface area contributed by atoms with Crippen LogP contribution in [0.15, 0.2) is 18.2 Å². The molecule has 2 aliphatic rings. The SMILES string of the molecule is Cl.O=C(CCN1CCc2ccc([N+](=O)[O-])cc2C1)N1CCNCC1. The number of non-ortho nitro benzene ring substituents is 1. The van der Waals surface area contributed by atoms with Gasteiger partial charge in [0.15, 0.2) is 0 Å². The zero-order chi connectivity index (χ0) is 16.2. The summed E-state index contributed by atoms with van der Waals surface area (Å²) in [5, 5.41) is 14.1. The highest BCUT2D eigenvalue weighted by Crippen LogP contribution is 2.23. The number of benzene rings is 1. The molecule has 1 saturated heterocycles. The first kappa shape index (κ1) is 18.6. The number of hydrogen-bond acceptors (Lipinski definition) is 5. The fourth-order valence-electron chi connectivity index (χ4n) is 3.23. The number of nitro groups is 1. The molecule has 1 aromatic carbocycles. The Balaban J connectivity index is 0.00000208. The number of amides is 1. The van der Waals surface area contributed by atoms with Gasteiger partial charge in [0.1, 0.15) is 0 Å². The first-order valence-corrected chi connectivity index (χ1v) is 8.10. The minimum absolute atomic E-state index is 0. The van der Waals surface area contributed by atoms with E-state index in [-0.39, 0.29) is 28.9 Å². The van der Waals surface area contributed by atoms with Crippen LogP contribution in [-0.2, 0) is 17.8 Å². The topological polar surface area (TPSA) is 78.7 Å². The quantitative estimate of drug-likeness (QED) is 0.649. The normalized spacial score (nSPS) is 17.8. The Morgan fingerprint density at radius 3 is 2.67 bits per heavy atom. The molecular weight excluding hydrogens is 332 g/mol. The first-order chi connectivity index (χ1) is 11.1. The summed E-state index contributed by atoms with van der Waals surface area (Å²) in [7, 11) is 0. The van der Waals surface area contributed by atoms with Crippen LogP contribution in [0.3, 0.4) is 0 Å². The third-order valence-corrected chi connectivity index (χ3v) is 4.60. The molecule has 0 saturated carbocycles. The number of nitro benzene ring substituents is 1. The number of fused-ring (bicyclic) bond motifs is 1. The van der Waals surface area contributed by atoms with Crippen LogP contribution in [0.25, 0.3) is 0 Å². The molecule has 24 heavy (non-hydrogen) atoms. The Hall–Kier alpha value is -1.70. The zero-order valence-electron chi connectivity index (χ0n) is 13.6. The highest BCUT2D eigenvalue weighted by molar-refractivity contribution is 5.85. The third kappa shape index (κ3) is 4.43. The van der Waals surface area contributed by atoms with Crippen LogP contribution in [-0.4, -0.2) is 59.9 Å². The van der Waals surface area contributed by atoms with E-state index >= 15 is 0 Å². The maximum atomic E-state index is 12.2. The van der Waals surface area contributed by atoms with Gasteiger partial charge >= 0.3 is 0 Å². The number of carbonyl (C=O) groups is 1. The molecule has 132 valence electrons. The summed E-state index contributed by atoms with van der Waals surface area (Å²) in [5.41, 5.74) is 2.34. The summed E-state index contributed by atoms with van der Waals surface area (Å²) in [6.45, 7) is 5.61. The molecule has 1 N–H and O–H groups in total. The number of hydrogen-bond donors (Lipinski definition) is 1. The summed E-state index contributed by atoms with van der Waals surface area (Å²) < 4.78 is 0. The largest absolute Gasteiger partial charge is 0.340 e. The minimum atomic E-state index is -0.354. The molecule has 3 rings (SSSR count). The molecule has 1 fully saturated rings. The van der Waals surface area contributed by atoms with Crippen LogP contribution < -0.4 is 5.32 Å². The molecule has 2 heterocycles. The van der Waals surface area contributed by atoms with Crippen molar-refractivity contribution in [1.29, 1.82) is 0 Å². The van der Waals surface area contributed by atoms with Crippen molar-refractivity contribution in [2.45, 2.75) is 19.4 Å². The second-order valence-corrected chi connectivity index (χ2v) is 6.12. The van der Waals surface area contributed by atoms with Crippen molar-refractivity contribution in [1.82, 2.24) is 15.1 Å². The van der Waals surface area contributed by atoms with Gasteiger partial charge < -0.3 is 10.2 Å². The molecule has 8 heteroatoms. The molecule has 7 nitrogen and oxygen atoms in total. The van der Waals surface area contributed by atoms with E-state index in [4.69, 9.17) is 0 Å². The fraction of sp³-hybridized carbons (Fsp3) is 0.562. The lowest BCUT2D eigenvalue weighted by atomic mass is 9.99. The summed E-state index contributed by atoms with van der Waals surface area (Å²) >= 11 is 0. The van der Waals surface area contributed by atoms with Gasteiger partial charge in [-0.05, 0) is 17.5 Å². The van der Waals surface area contributed by atoms with Gasteiger partial charge in [-0.15, -0.1) is 12.4 Å². The van der Waals surface area contributed by atoms with E-state index < -0.39 is 0 Å². The standard InChI is InChI=1S/C16H22N4O3.ClH/c21-16(19-9-5-17-6-10-19)4-8-18-7-3-13-1-2-15(20(22)23)11-14(13)12-18;/h1-2,11,17H,3-10,12H2;1H. The van der Waals surface area contributed by atoms with E-state index in [0.717, 1.165) is 44.7 Å². The third-order valence-electron chi connectivity index (χ3n) is 4.60. The van der Waals surface area contributed by atoms with E-state index in [1.807, 2.05) is 11.0 Å². The Bertz CT molecular complexity index is 605. The molecule has 0 aromatic heterocycles. The molecule has 1 aromatic rings. The summed E-state index contributed by atoms with van der Waals surface area (Å²) in [6, 6.07) is 5.10. The second-order valence-electron chi connectivity index (χ2n) is 6.12. The lowest BCUT2D eigenvalue weighted by molar-refractivity contribution is -0.385. The molecule has 0 unspecified atom stereocenters. The van der Waals surface area contributed by atoms with E-state index in [1.54, 1.807) is 12.1 Å². The fourth-order valence-corrected chi connectivity index (χ4v) is 3.23. The lowest BCUT2D eigenvalue weighted by Crippen LogP contribution is -2.47. The summed E-state index contributed by atoms with van der Waals surface area (Å²) in [4.78, 5) is 26.9. The van der Waals surface area contributed by atoms with E-state index in [0.29, 0.717) is 19.5 Å². The molecule has 1 amide bonds. The number of rotatable bonds is 4. The van der Waals surface area contributed by atoms with E-state index in [2.05, 4.69) is 10.2 Å². The van der Waals surface area contributed by atoms with Crippen molar-refractivity contribution in [2.75, 3.05) is 39.3 Å². The van der Waals surface area contributed by atoms with Gasteiger partial charge in [-0.1, -0.05) is 6.07 Å². The van der Waals surface area contributed by atoms with Gasteiger partial charge in [0.05, 0.1) is 4.92 Å². The van der Waals surface area contributed by atoms with Crippen LogP contribution in [0.2, 0.25) is 0 Å². The van der Waals surface area contributed by atoms with Crippen LogP contribution in [0.5, 0.6) is 0 Å². The lowest BCUT2D eigenvalue weighted by Gasteiger charge is -2.31. The van der Waals surface area contributed by atoms with Gasteiger partial charge in [-0.3, -0.25) is 19.8 Å². The minimum Gasteiger partial charge on any atom is -0.340 e. The molecule has 0 radical (unpaired) electrons. The van der Waals surface area contributed by atoms with Crippen molar-refractivity contribution in [3.05, 3.63) is 39.4 Å². The predicted octanol–water partition coefficient (Wildman–Crippen LogP) is 1.20. The van der Waals surface area contributed by atoms with Crippen LogP contribution in [0.4, 0.5) is 5.69 Å². The predicted molar refractivity (Wildman–Crippen MR) is 93.4 cm³/mol. The average Bonchev–Trinajstić information content (AvgIpc) is 2.59. The van der Waals surface area contributed by atoms with Gasteiger partial charge in [0, 0.05) is 64.4 Å². The van der Waals surface area contributed by atoms with Crippen molar-refractivity contribution < 1.29 is 9.72 Å². The smallest absolute Gasteiger partial charge is 0.269 e. The van der Waals surface area contributed by atoms with Gasteiger partial charge in [-0.2, -0.15) is 0 Å². The molecule has 0 atom stereocenters. The highest BCUT2D eigenvalue weighted by atomic mass is 35.5. The van der Waals surface area contributed by atoms with Gasteiger partial charge in [-0.25, -0.2) is 0 Å². The van der Waals surface area contributed by atoms with Crippen LogP contribution in [0.1, 0.15) is 17.5 Å². The number of nitrogens with one attached hydrogen (secondary N) is 1. The van der Waals surface area contributed by atoms with Crippen molar-refractivity contribution >= 4 is 24.0 Å². The maximum absolute atomic E-state index is 12.2. The molecular formula is C16H23ClN4O3. The number of carbonyl (C=O) groups excluding carboxylic acids is 1. The zero-order valence-corrected chi connectivity index (χ0v) is 14.4. The molecule has 0 bridgehead atoms. The van der Waals surface area contributed by atoms with Crippen molar-refractivity contribution in [3.8, 4) is 0 Å². The van der Waals surface area contributed by atoms with Crippen LogP contribution in [0, 0.1) is 10.1 Å². The Kier molecular flexibility index (Phi) is 6.53. The van der Waals surface area contributed by atoms with E-state index in [9.17, 15) is 14.9 Å². The monoisotopic (exact) mass is 354 g/mol. The van der Waals surface area contributed by atoms with Crippen molar-refractivity contribution in [3.63, 3.8) is 0 Å². The van der Waals surface area contributed by atoms with Gasteiger partial charge in [0.2, 0.25) is 5.91 Å². The summed E-state index contributed by atoms with van der Waals surface area (Å²) in [6.07, 6.45) is 1.40.